The van der Waals surface area contributed by atoms with E-state index in [1.54, 1.807) is 25.4 Å². The number of halogens is 2. The minimum absolute atomic E-state index is 0.0225. The van der Waals surface area contributed by atoms with Gasteiger partial charge in [0.2, 0.25) is 0 Å². The average molecular weight is 265 g/mol. The van der Waals surface area contributed by atoms with E-state index in [1.165, 1.54) is 23.2 Å². The molecule has 1 heterocycles. The highest BCUT2D eigenvalue weighted by Crippen LogP contribution is 2.18. The Labute approximate surface area is 109 Å². The molecule has 0 unspecified atom stereocenters. The molecular weight excluding hydrogens is 255 g/mol. The Balaban J connectivity index is 2.32. The van der Waals surface area contributed by atoms with Crippen LogP contribution in [0.2, 0.25) is 5.02 Å². The topological polar surface area (TPSA) is 33.2 Å². The summed E-state index contributed by atoms with van der Waals surface area (Å²) in [5.74, 6) is -1.08. The van der Waals surface area contributed by atoms with Crippen LogP contribution in [0.5, 0.6) is 0 Å². The smallest absolute Gasteiger partial charge is 0.261 e. The van der Waals surface area contributed by atoms with Crippen molar-refractivity contribution in [3.8, 4) is 0 Å². The first kappa shape index (κ1) is 12.5. The highest BCUT2D eigenvalue weighted by Gasteiger charge is 2.17. The summed E-state index contributed by atoms with van der Waals surface area (Å²) < 4.78 is 13.6. The monoisotopic (exact) mass is 264 g/mol. The van der Waals surface area contributed by atoms with E-state index in [0.717, 1.165) is 6.07 Å². The number of pyridine rings is 1. The van der Waals surface area contributed by atoms with Crippen LogP contribution in [0.1, 0.15) is 10.4 Å². The molecule has 0 N–H and O–H groups in total. The van der Waals surface area contributed by atoms with E-state index in [-0.39, 0.29) is 10.6 Å². The van der Waals surface area contributed by atoms with Crippen LogP contribution in [0.25, 0.3) is 0 Å². The van der Waals surface area contributed by atoms with Gasteiger partial charge in [-0.1, -0.05) is 11.6 Å². The van der Waals surface area contributed by atoms with Crippen molar-refractivity contribution in [3.05, 3.63) is 59.1 Å². The fraction of sp³-hybridized carbons (Fsp3) is 0.0769. The summed E-state index contributed by atoms with van der Waals surface area (Å²) >= 11 is 5.64. The van der Waals surface area contributed by atoms with Crippen molar-refractivity contribution in [2.75, 3.05) is 11.9 Å². The summed E-state index contributed by atoms with van der Waals surface area (Å²) in [5.41, 5.74) is 0.572. The number of benzene rings is 1. The molecule has 1 aromatic carbocycles. The van der Waals surface area contributed by atoms with E-state index >= 15 is 0 Å². The molecule has 0 bridgehead atoms. The third kappa shape index (κ3) is 2.49. The van der Waals surface area contributed by atoms with Crippen LogP contribution in [0, 0.1) is 5.82 Å². The van der Waals surface area contributed by atoms with E-state index in [9.17, 15) is 9.18 Å². The largest absolute Gasteiger partial charge is 0.310 e. The number of hydrogen-bond donors (Lipinski definition) is 0. The summed E-state index contributed by atoms with van der Waals surface area (Å²) in [6.07, 6.45) is 3.14. The molecule has 2 aromatic rings. The average Bonchev–Trinajstić information content (AvgIpc) is 2.38. The number of aromatic nitrogens is 1. The lowest BCUT2D eigenvalue weighted by Gasteiger charge is -2.17. The fourth-order valence-electron chi connectivity index (χ4n) is 1.51. The number of hydrogen-bond acceptors (Lipinski definition) is 2. The summed E-state index contributed by atoms with van der Waals surface area (Å²) in [6.45, 7) is 0. The SMILES string of the molecule is CN(C(=O)c1ccc(Cl)cc1F)c1cccnc1. The molecule has 1 amide bonds. The zero-order valence-corrected chi connectivity index (χ0v) is 10.4. The first-order valence-electron chi connectivity index (χ1n) is 5.22. The molecule has 0 spiro atoms. The van der Waals surface area contributed by atoms with Crippen molar-refractivity contribution in [1.29, 1.82) is 0 Å². The van der Waals surface area contributed by atoms with Crippen molar-refractivity contribution in [2.45, 2.75) is 0 Å². The molecule has 0 radical (unpaired) electrons. The predicted molar refractivity (Wildman–Crippen MR) is 68.4 cm³/mol. The molecule has 2 rings (SSSR count). The number of amides is 1. The Morgan fingerprint density at radius 3 is 2.78 bits per heavy atom. The fourth-order valence-corrected chi connectivity index (χ4v) is 1.67. The van der Waals surface area contributed by atoms with Gasteiger partial charge in [0.25, 0.3) is 5.91 Å². The lowest BCUT2D eigenvalue weighted by molar-refractivity contribution is 0.0989. The molecule has 0 fully saturated rings. The lowest BCUT2D eigenvalue weighted by Crippen LogP contribution is -2.27. The summed E-state index contributed by atoms with van der Waals surface area (Å²) in [7, 11) is 1.56. The van der Waals surface area contributed by atoms with E-state index in [0.29, 0.717) is 5.69 Å². The molecule has 3 nitrogen and oxygen atoms in total. The molecule has 1 aromatic heterocycles. The Morgan fingerprint density at radius 2 is 2.17 bits per heavy atom. The predicted octanol–water partition coefficient (Wildman–Crippen LogP) is 3.15. The normalized spacial score (nSPS) is 10.2. The van der Waals surface area contributed by atoms with Gasteiger partial charge in [-0.25, -0.2) is 4.39 Å². The van der Waals surface area contributed by atoms with Gasteiger partial charge in [-0.15, -0.1) is 0 Å². The second-order valence-electron chi connectivity index (χ2n) is 3.70. The third-order valence-electron chi connectivity index (χ3n) is 2.50. The zero-order valence-electron chi connectivity index (χ0n) is 9.60. The lowest BCUT2D eigenvalue weighted by atomic mass is 10.2. The van der Waals surface area contributed by atoms with Gasteiger partial charge in [-0.3, -0.25) is 9.78 Å². The van der Waals surface area contributed by atoms with Gasteiger partial charge in [0, 0.05) is 18.3 Å². The molecular formula is C13H10ClFN2O. The van der Waals surface area contributed by atoms with Crippen molar-refractivity contribution >= 4 is 23.2 Å². The molecule has 92 valence electrons. The maximum Gasteiger partial charge on any atom is 0.261 e. The highest BCUT2D eigenvalue weighted by molar-refractivity contribution is 6.30. The molecule has 0 aliphatic rings. The van der Waals surface area contributed by atoms with E-state index < -0.39 is 11.7 Å². The molecule has 0 aliphatic carbocycles. The molecule has 0 aliphatic heterocycles. The maximum absolute atomic E-state index is 13.6. The Bertz CT molecular complexity index is 574. The van der Waals surface area contributed by atoms with Gasteiger partial charge in [-0.05, 0) is 30.3 Å². The molecule has 5 heteroatoms. The summed E-state index contributed by atoms with van der Waals surface area (Å²) in [5, 5.41) is 0.257. The van der Waals surface area contributed by atoms with Gasteiger partial charge in [0.15, 0.2) is 0 Å². The molecule has 0 saturated heterocycles. The molecule has 18 heavy (non-hydrogen) atoms. The van der Waals surface area contributed by atoms with E-state index in [4.69, 9.17) is 11.6 Å². The standard InChI is InChI=1S/C13H10ClFN2O/c1-17(10-3-2-6-16-8-10)13(18)11-5-4-9(14)7-12(11)15/h2-8H,1H3. The van der Waals surface area contributed by atoms with Crippen molar-refractivity contribution in [1.82, 2.24) is 4.98 Å². The van der Waals surface area contributed by atoms with E-state index in [2.05, 4.69) is 4.98 Å². The van der Waals surface area contributed by atoms with Crippen molar-refractivity contribution in [2.24, 2.45) is 0 Å². The first-order chi connectivity index (χ1) is 8.59. The van der Waals surface area contributed by atoms with Crippen molar-refractivity contribution in [3.63, 3.8) is 0 Å². The van der Waals surface area contributed by atoms with Crippen molar-refractivity contribution < 1.29 is 9.18 Å². The van der Waals surface area contributed by atoms with E-state index in [1.807, 2.05) is 0 Å². The van der Waals surface area contributed by atoms with Gasteiger partial charge >= 0.3 is 0 Å². The second-order valence-corrected chi connectivity index (χ2v) is 4.14. The highest BCUT2D eigenvalue weighted by atomic mass is 35.5. The van der Waals surface area contributed by atoms with Gasteiger partial charge < -0.3 is 4.90 Å². The quantitative estimate of drug-likeness (QED) is 0.835. The number of carbonyl (C=O) groups excluding carboxylic acids is 1. The number of anilines is 1. The third-order valence-corrected chi connectivity index (χ3v) is 2.73. The van der Waals surface area contributed by atoms with Crippen LogP contribution < -0.4 is 4.90 Å². The minimum Gasteiger partial charge on any atom is -0.310 e. The Kier molecular flexibility index (Phi) is 3.58. The van der Waals surface area contributed by atoms with Crippen LogP contribution in [0.3, 0.4) is 0 Å². The van der Waals surface area contributed by atoms with Gasteiger partial charge in [0.05, 0.1) is 17.4 Å². The van der Waals surface area contributed by atoms with Crippen LogP contribution >= 0.6 is 11.6 Å². The Hall–Kier alpha value is -1.94. The minimum atomic E-state index is -0.636. The summed E-state index contributed by atoms with van der Waals surface area (Å²) in [6, 6.07) is 7.39. The molecule has 0 atom stereocenters. The van der Waals surface area contributed by atoms with Gasteiger partial charge in [-0.2, -0.15) is 0 Å². The number of rotatable bonds is 2. The zero-order chi connectivity index (χ0) is 13.1. The van der Waals surface area contributed by atoms with Crippen LogP contribution in [-0.2, 0) is 0 Å². The second kappa shape index (κ2) is 5.14. The summed E-state index contributed by atoms with van der Waals surface area (Å²) in [4.78, 5) is 17.3. The van der Waals surface area contributed by atoms with Crippen LogP contribution in [0.4, 0.5) is 10.1 Å². The van der Waals surface area contributed by atoms with Crippen LogP contribution in [-0.4, -0.2) is 17.9 Å². The molecule has 0 saturated carbocycles. The van der Waals surface area contributed by atoms with Gasteiger partial charge in [0.1, 0.15) is 5.82 Å². The van der Waals surface area contributed by atoms with Crippen LogP contribution in [0.15, 0.2) is 42.7 Å². The number of carbonyl (C=O) groups is 1. The number of nitrogens with zero attached hydrogens (tertiary/aromatic N) is 2. The Morgan fingerprint density at radius 1 is 1.39 bits per heavy atom. The first-order valence-corrected chi connectivity index (χ1v) is 5.60. The maximum atomic E-state index is 13.6.